The lowest BCUT2D eigenvalue weighted by atomic mass is 9.44. The quantitative estimate of drug-likeness (QED) is 0.722. The van der Waals surface area contributed by atoms with Gasteiger partial charge in [0, 0.05) is 6.61 Å². The molecule has 0 aromatic rings. The van der Waals surface area contributed by atoms with E-state index in [1.807, 2.05) is 0 Å². The zero-order chi connectivity index (χ0) is 15.4. The van der Waals surface area contributed by atoms with Gasteiger partial charge in [-0.15, -0.1) is 0 Å². The van der Waals surface area contributed by atoms with Gasteiger partial charge in [-0.1, -0.05) is 20.3 Å². The molecule has 4 aliphatic carbocycles. The van der Waals surface area contributed by atoms with Crippen molar-refractivity contribution in [2.75, 3.05) is 6.61 Å². The Labute approximate surface area is 137 Å². The first-order valence-electron chi connectivity index (χ1n) is 10.2. The molecule has 1 heteroatoms. The summed E-state index contributed by atoms with van der Waals surface area (Å²) in [5.74, 6) is 4.92. The molecule has 1 nitrogen and oxygen atoms in total. The van der Waals surface area contributed by atoms with E-state index in [1.54, 1.807) is 0 Å². The molecule has 4 saturated carbocycles. The van der Waals surface area contributed by atoms with Crippen LogP contribution in [-0.2, 0) is 0 Å². The number of aliphatic hydroxyl groups is 1. The second-order valence-electron chi connectivity index (χ2n) is 9.89. The van der Waals surface area contributed by atoms with Crippen LogP contribution in [0.4, 0.5) is 0 Å². The van der Waals surface area contributed by atoms with E-state index in [9.17, 15) is 5.11 Å². The van der Waals surface area contributed by atoms with Crippen LogP contribution in [0.3, 0.4) is 0 Å². The predicted octanol–water partition coefficient (Wildman–Crippen LogP) is 5.42. The van der Waals surface area contributed by atoms with Crippen molar-refractivity contribution >= 4 is 0 Å². The van der Waals surface area contributed by atoms with E-state index in [-0.39, 0.29) is 0 Å². The van der Waals surface area contributed by atoms with Crippen LogP contribution in [0.15, 0.2) is 0 Å². The van der Waals surface area contributed by atoms with E-state index in [0.717, 1.165) is 36.0 Å². The van der Waals surface area contributed by atoms with Crippen molar-refractivity contribution in [3.63, 3.8) is 0 Å². The molecule has 0 spiro atoms. The molecule has 0 aromatic heterocycles. The minimum atomic E-state index is 0.403. The molecule has 126 valence electrons. The molecule has 4 fully saturated rings. The van der Waals surface area contributed by atoms with Gasteiger partial charge in [0.25, 0.3) is 0 Å². The maximum Gasteiger partial charge on any atom is 0.0433 e. The van der Waals surface area contributed by atoms with Crippen LogP contribution in [0.5, 0.6) is 0 Å². The molecule has 2 unspecified atom stereocenters. The Morgan fingerprint density at radius 2 is 1.77 bits per heavy atom. The first kappa shape index (κ1) is 15.5. The van der Waals surface area contributed by atoms with Crippen LogP contribution in [0, 0.1) is 40.4 Å². The summed E-state index contributed by atoms with van der Waals surface area (Å²) in [7, 11) is 0. The lowest BCUT2D eigenvalue weighted by molar-refractivity contribution is -0.112. The van der Waals surface area contributed by atoms with Crippen molar-refractivity contribution < 1.29 is 5.11 Å². The predicted molar refractivity (Wildman–Crippen MR) is 91.5 cm³/mol. The van der Waals surface area contributed by atoms with Gasteiger partial charge in [-0.2, -0.15) is 0 Å². The molecule has 4 aliphatic rings. The molecule has 0 saturated heterocycles. The molecular formula is C21H36O. The zero-order valence-electron chi connectivity index (χ0n) is 14.8. The van der Waals surface area contributed by atoms with Gasteiger partial charge in [-0.25, -0.2) is 0 Å². The Morgan fingerprint density at radius 1 is 0.909 bits per heavy atom. The van der Waals surface area contributed by atoms with Gasteiger partial charge in [0.2, 0.25) is 0 Å². The summed E-state index contributed by atoms with van der Waals surface area (Å²) in [6.45, 7) is 5.69. The summed E-state index contributed by atoms with van der Waals surface area (Å²) in [4.78, 5) is 0. The summed E-state index contributed by atoms with van der Waals surface area (Å²) in [6.07, 6.45) is 15.9. The van der Waals surface area contributed by atoms with Gasteiger partial charge in [0.1, 0.15) is 0 Å². The molecule has 4 rings (SSSR count). The van der Waals surface area contributed by atoms with E-state index in [4.69, 9.17) is 0 Å². The van der Waals surface area contributed by atoms with Crippen molar-refractivity contribution in [3.05, 3.63) is 0 Å². The van der Waals surface area contributed by atoms with Gasteiger partial charge < -0.3 is 5.11 Å². The van der Waals surface area contributed by atoms with Crippen molar-refractivity contribution in [1.29, 1.82) is 0 Å². The van der Waals surface area contributed by atoms with E-state index < -0.39 is 0 Å². The molecule has 22 heavy (non-hydrogen) atoms. The van der Waals surface area contributed by atoms with Gasteiger partial charge in [-0.05, 0) is 105 Å². The fraction of sp³-hybridized carbons (Fsp3) is 1.00. The third kappa shape index (κ3) is 2.21. The van der Waals surface area contributed by atoms with Crippen LogP contribution >= 0.6 is 0 Å². The Kier molecular flexibility index (Phi) is 3.87. The normalized spacial score (nSPS) is 54.4. The maximum atomic E-state index is 9.30. The second-order valence-corrected chi connectivity index (χ2v) is 9.89. The average molecular weight is 305 g/mol. The molecule has 0 amide bonds. The fourth-order valence-corrected chi connectivity index (χ4v) is 7.78. The SMILES string of the molecule is C[C@@]12CCC[C@H]1[C@@H]1CCC3CC(CCO)CC[C@]3(C)[C@H]1CC2. The first-order valence-corrected chi connectivity index (χ1v) is 10.2. The van der Waals surface area contributed by atoms with Crippen molar-refractivity contribution in [1.82, 2.24) is 0 Å². The standard InChI is InChI=1S/C21H36O/c1-20-10-3-4-18(20)17-6-5-16-14-15(9-13-22)7-12-21(16,2)19(17)8-11-20/h15-19,22H,3-14H2,1-2H3/t15?,16?,17-,18-,19-,20-,21-/m0/s1. The molecule has 7 atom stereocenters. The summed E-state index contributed by atoms with van der Waals surface area (Å²) in [6, 6.07) is 0. The highest BCUT2D eigenvalue weighted by atomic mass is 16.3. The molecular weight excluding hydrogens is 268 g/mol. The number of fused-ring (bicyclic) bond motifs is 5. The molecule has 0 bridgehead atoms. The highest BCUT2D eigenvalue weighted by molar-refractivity contribution is 5.07. The van der Waals surface area contributed by atoms with E-state index in [0.29, 0.717) is 17.4 Å². The van der Waals surface area contributed by atoms with Gasteiger partial charge >= 0.3 is 0 Å². The number of hydrogen-bond acceptors (Lipinski definition) is 1. The number of rotatable bonds is 2. The lowest BCUT2D eigenvalue weighted by Gasteiger charge is -2.60. The summed E-state index contributed by atoms with van der Waals surface area (Å²) >= 11 is 0. The van der Waals surface area contributed by atoms with Gasteiger partial charge in [0.15, 0.2) is 0 Å². The third-order valence-electron chi connectivity index (χ3n) is 9.09. The highest BCUT2D eigenvalue weighted by Gasteiger charge is 2.57. The summed E-state index contributed by atoms with van der Waals surface area (Å²) in [5, 5.41) is 9.30. The monoisotopic (exact) mass is 304 g/mol. The Balaban J connectivity index is 1.54. The Hall–Kier alpha value is -0.0400. The maximum absolute atomic E-state index is 9.30. The van der Waals surface area contributed by atoms with Crippen molar-refractivity contribution in [3.8, 4) is 0 Å². The average Bonchev–Trinajstić information content (AvgIpc) is 2.89. The molecule has 0 heterocycles. The smallest absolute Gasteiger partial charge is 0.0433 e. The summed E-state index contributed by atoms with van der Waals surface area (Å²) < 4.78 is 0. The molecule has 0 radical (unpaired) electrons. The summed E-state index contributed by atoms with van der Waals surface area (Å²) in [5.41, 5.74) is 1.34. The van der Waals surface area contributed by atoms with Crippen LogP contribution in [0.2, 0.25) is 0 Å². The highest BCUT2D eigenvalue weighted by Crippen LogP contribution is 2.66. The van der Waals surface area contributed by atoms with Gasteiger partial charge in [0.05, 0.1) is 0 Å². The second kappa shape index (κ2) is 5.50. The molecule has 1 N–H and O–H groups in total. The van der Waals surface area contributed by atoms with Crippen LogP contribution in [-0.4, -0.2) is 11.7 Å². The first-order chi connectivity index (χ1) is 10.6. The molecule has 0 aromatic carbocycles. The third-order valence-corrected chi connectivity index (χ3v) is 9.09. The number of hydrogen-bond donors (Lipinski definition) is 1. The largest absolute Gasteiger partial charge is 0.396 e. The van der Waals surface area contributed by atoms with Crippen LogP contribution in [0.25, 0.3) is 0 Å². The van der Waals surface area contributed by atoms with Crippen LogP contribution in [0.1, 0.15) is 84.5 Å². The van der Waals surface area contributed by atoms with E-state index in [2.05, 4.69) is 13.8 Å². The number of aliphatic hydroxyl groups excluding tert-OH is 1. The zero-order valence-corrected chi connectivity index (χ0v) is 14.8. The van der Waals surface area contributed by atoms with Crippen LogP contribution < -0.4 is 0 Å². The minimum absolute atomic E-state index is 0.403. The Bertz CT molecular complexity index is 418. The lowest BCUT2D eigenvalue weighted by Crippen LogP contribution is -2.52. The minimum Gasteiger partial charge on any atom is -0.396 e. The topological polar surface area (TPSA) is 20.2 Å². The van der Waals surface area contributed by atoms with Crippen molar-refractivity contribution in [2.45, 2.75) is 84.5 Å². The van der Waals surface area contributed by atoms with Crippen molar-refractivity contribution in [2.24, 2.45) is 40.4 Å². The van der Waals surface area contributed by atoms with E-state index >= 15 is 0 Å². The Morgan fingerprint density at radius 3 is 2.59 bits per heavy atom. The van der Waals surface area contributed by atoms with Gasteiger partial charge in [-0.3, -0.25) is 0 Å². The molecule has 0 aliphatic heterocycles. The fourth-order valence-electron chi connectivity index (χ4n) is 7.78. The van der Waals surface area contributed by atoms with E-state index in [1.165, 1.54) is 64.2 Å².